The Bertz CT molecular complexity index is 374. The molecule has 1 rings (SSSR count). The lowest BCUT2D eigenvalue weighted by Crippen LogP contribution is -1.91. The van der Waals surface area contributed by atoms with E-state index in [9.17, 15) is 9.18 Å². The van der Waals surface area contributed by atoms with Gasteiger partial charge in [0.1, 0.15) is 12.4 Å². The molecule has 0 saturated heterocycles. The lowest BCUT2D eigenvalue weighted by molar-refractivity contribution is 0.112. The predicted octanol–water partition coefficient (Wildman–Crippen LogP) is 0.982. The zero-order valence-corrected chi connectivity index (χ0v) is 6.75. The molecule has 13 heavy (non-hydrogen) atoms. The van der Waals surface area contributed by atoms with Crippen molar-refractivity contribution in [2.45, 2.75) is 0 Å². The average Bonchev–Trinajstić information content (AvgIpc) is 2.15. The van der Waals surface area contributed by atoms with Gasteiger partial charge in [0.05, 0.1) is 5.56 Å². The Labute approximate surface area is 75.0 Å². The van der Waals surface area contributed by atoms with Crippen molar-refractivity contribution in [2.24, 2.45) is 0 Å². The van der Waals surface area contributed by atoms with Gasteiger partial charge in [-0.25, -0.2) is 4.39 Å². The summed E-state index contributed by atoms with van der Waals surface area (Å²) in [5.74, 6) is 4.11. The van der Waals surface area contributed by atoms with Gasteiger partial charge < -0.3 is 5.11 Å². The number of aliphatic hydroxyl groups excluding tert-OH is 1. The third kappa shape index (κ3) is 2.14. The van der Waals surface area contributed by atoms with E-state index in [1.54, 1.807) is 0 Å². The topological polar surface area (TPSA) is 37.3 Å². The molecule has 0 aromatic heterocycles. The van der Waals surface area contributed by atoms with Crippen molar-refractivity contribution < 1.29 is 14.3 Å². The average molecular weight is 178 g/mol. The molecular formula is C10H7FO2. The number of halogens is 1. The van der Waals surface area contributed by atoms with Crippen LogP contribution in [0.5, 0.6) is 0 Å². The molecular weight excluding hydrogens is 171 g/mol. The largest absolute Gasteiger partial charge is 0.384 e. The standard InChI is InChI=1S/C10H7FO2/c11-10-5-1-3-8(7-13)9(10)4-2-6-12/h1,3,5,7,12H,6H2. The molecule has 1 N–H and O–H groups in total. The fourth-order valence-electron chi connectivity index (χ4n) is 0.899. The molecule has 0 aliphatic rings. The maximum absolute atomic E-state index is 13.0. The number of rotatable bonds is 1. The van der Waals surface area contributed by atoms with Gasteiger partial charge in [-0.3, -0.25) is 4.79 Å². The molecule has 0 spiro atoms. The van der Waals surface area contributed by atoms with Crippen LogP contribution in [-0.2, 0) is 0 Å². The van der Waals surface area contributed by atoms with Gasteiger partial charge in [0.25, 0.3) is 0 Å². The Morgan fingerprint density at radius 1 is 1.54 bits per heavy atom. The lowest BCUT2D eigenvalue weighted by Gasteiger charge is -1.96. The van der Waals surface area contributed by atoms with Crippen molar-refractivity contribution in [3.05, 3.63) is 35.1 Å². The highest BCUT2D eigenvalue weighted by molar-refractivity contribution is 5.79. The van der Waals surface area contributed by atoms with Crippen molar-refractivity contribution in [1.82, 2.24) is 0 Å². The molecule has 0 saturated carbocycles. The molecule has 0 unspecified atom stereocenters. The van der Waals surface area contributed by atoms with Crippen LogP contribution in [0.15, 0.2) is 18.2 Å². The Morgan fingerprint density at radius 2 is 2.31 bits per heavy atom. The summed E-state index contributed by atoms with van der Waals surface area (Å²) in [4.78, 5) is 10.4. The molecule has 3 heteroatoms. The van der Waals surface area contributed by atoms with Gasteiger partial charge in [0, 0.05) is 5.56 Å². The quantitative estimate of drug-likeness (QED) is 0.514. The fourth-order valence-corrected chi connectivity index (χ4v) is 0.899. The molecule has 66 valence electrons. The minimum Gasteiger partial charge on any atom is -0.384 e. The second-order valence-corrected chi connectivity index (χ2v) is 2.28. The van der Waals surface area contributed by atoms with E-state index in [-0.39, 0.29) is 17.7 Å². The molecule has 0 aliphatic heterocycles. The van der Waals surface area contributed by atoms with E-state index >= 15 is 0 Å². The van der Waals surface area contributed by atoms with Crippen LogP contribution in [0.4, 0.5) is 4.39 Å². The summed E-state index contributed by atoms with van der Waals surface area (Å²) < 4.78 is 13.0. The second-order valence-electron chi connectivity index (χ2n) is 2.28. The van der Waals surface area contributed by atoms with Crippen molar-refractivity contribution in [1.29, 1.82) is 0 Å². The van der Waals surface area contributed by atoms with E-state index in [0.717, 1.165) is 0 Å². The summed E-state index contributed by atoms with van der Waals surface area (Å²) in [6.45, 7) is -0.355. The van der Waals surface area contributed by atoms with E-state index in [1.807, 2.05) is 0 Å². The first-order valence-electron chi connectivity index (χ1n) is 3.63. The second kappa shape index (κ2) is 4.39. The minimum absolute atomic E-state index is 0.0338. The van der Waals surface area contributed by atoms with Crippen LogP contribution in [-0.4, -0.2) is 18.0 Å². The van der Waals surface area contributed by atoms with Crippen LogP contribution < -0.4 is 0 Å². The Kier molecular flexibility index (Phi) is 3.18. The summed E-state index contributed by atoms with van der Waals surface area (Å²) in [6.07, 6.45) is 0.532. The molecule has 0 bridgehead atoms. The van der Waals surface area contributed by atoms with Crippen LogP contribution >= 0.6 is 0 Å². The number of carbonyl (C=O) groups is 1. The molecule has 1 aromatic rings. The van der Waals surface area contributed by atoms with E-state index in [0.29, 0.717) is 6.29 Å². The number of aliphatic hydroxyl groups is 1. The van der Waals surface area contributed by atoms with Gasteiger partial charge in [0.15, 0.2) is 6.29 Å². The number of hydrogen-bond acceptors (Lipinski definition) is 2. The van der Waals surface area contributed by atoms with E-state index in [4.69, 9.17) is 5.11 Å². The van der Waals surface area contributed by atoms with Gasteiger partial charge in [-0.15, -0.1) is 0 Å². The van der Waals surface area contributed by atoms with E-state index < -0.39 is 5.82 Å². The first-order chi connectivity index (χ1) is 6.29. The smallest absolute Gasteiger partial charge is 0.151 e. The van der Waals surface area contributed by atoms with Gasteiger partial charge in [-0.1, -0.05) is 24.0 Å². The maximum Gasteiger partial charge on any atom is 0.151 e. The number of hydrogen-bond donors (Lipinski definition) is 1. The summed E-state index contributed by atoms with van der Waals surface area (Å²) >= 11 is 0. The highest BCUT2D eigenvalue weighted by Gasteiger charge is 2.03. The van der Waals surface area contributed by atoms with Crippen LogP contribution in [0, 0.1) is 17.7 Å². The predicted molar refractivity (Wildman–Crippen MR) is 45.8 cm³/mol. The summed E-state index contributed by atoms with van der Waals surface area (Å²) in [6, 6.07) is 4.12. The van der Waals surface area contributed by atoms with Crippen LogP contribution in [0.25, 0.3) is 0 Å². The van der Waals surface area contributed by atoms with Gasteiger partial charge in [-0.2, -0.15) is 0 Å². The molecule has 2 nitrogen and oxygen atoms in total. The van der Waals surface area contributed by atoms with Gasteiger partial charge in [-0.05, 0) is 6.07 Å². The molecule has 0 atom stereocenters. The normalized spacial score (nSPS) is 8.77. The van der Waals surface area contributed by atoms with Crippen molar-refractivity contribution in [3.63, 3.8) is 0 Å². The number of aldehydes is 1. The molecule has 0 aliphatic carbocycles. The first kappa shape index (κ1) is 9.43. The first-order valence-corrected chi connectivity index (χ1v) is 3.63. The van der Waals surface area contributed by atoms with Crippen molar-refractivity contribution in [2.75, 3.05) is 6.61 Å². The van der Waals surface area contributed by atoms with Crippen LogP contribution in [0.1, 0.15) is 15.9 Å². The zero-order valence-electron chi connectivity index (χ0n) is 6.75. The van der Waals surface area contributed by atoms with Crippen LogP contribution in [0.3, 0.4) is 0 Å². The third-order valence-corrected chi connectivity index (χ3v) is 1.47. The summed E-state index contributed by atoms with van der Waals surface area (Å²) in [7, 11) is 0. The molecule has 0 radical (unpaired) electrons. The summed E-state index contributed by atoms with van der Waals surface area (Å²) in [5.41, 5.74) is 0.229. The maximum atomic E-state index is 13.0. The van der Waals surface area contributed by atoms with E-state index in [2.05, 4.69) is 11.8 Å². The Balaban J connectivity index is 3.22. The zero-order chi connectivity index (χ0) is 9.68. The van der Waals surface area contributed by atoms with Crippen molar-refractivity contribution >= 4 is 6.29 Å². The fraction of sp³-hybridized carbons (Fsp3) is 0.100. The molecule has 0 fully saturated rings. The van der Waals surface area contributed by atoms with Gasteiger partial charge in [0.2, 0.25) is 0 Å². The van der Waals surface area contributed by atoms with Crippen LogP contribution in [0.2, 0.25) is 0 Å². The number of carbonyl (C=O) groups excluding carboxylic acids is 1. The van der Waals surface area contributed by atoms with E-state index in [1.165, 1.54) is 18.2 Å². The minimum atomic E-state index is -0.550. The Hall–Kier alpha value is -1.66. The summed E-state index contributed by atoms with van der Waals surface area (Å²) in [5, 5.41) is 8.40. The lowest BCUT2D eigenvalue weighted by atomic mass is 10.1. The highest BCUT2D eigenvalue weighted by Crippen LogP contribution is 2.09. The SMILES string of the molecule is O=Cc1cccc(F)c1C#CCO. The van der Waals surface area contributed by atoms with Gasteiger partial charge >= 0.3 is 0 Å². The highest BCUT2D eigenvalue weighted by atomic mass is 19.1. The molecule has 0 amide bonds. The third-order valence-electron chi connectivity index (χ3n) is 1.47. The monoisotopic (exact) mass is 178 g/mol. The molecule has 0 heterocycles. The molecule has 1 aromatic carbocycles. The van der Waals surface area contributed by atoms with Crippen molar-refractivity contribution in [3.8, 4) is 11.8 Å². The number of benzene rings is 1. The Morgan fingerprint density at radius 3 is 2.92 bits per heavy atom.